The highest BCUT2D eigenvalue weighted by atomic mass is 32.1. The Labute approximate surface area is 179 Å². The van der Waals surface area contributed by atoms with Crippen molar-refractivity contribution in [3.63, 3.8) is 0 Å². The van der Waals surface area contributed by atoms with Gasteiger partial charge in [-0.1, -0.05) is 29.8 Å². The molecule has 152 valence electrons. The smallest absolute Gasteiger partial charge is 0.264 e. The van der Waals surface area contributed by atoms with Gasteiger partial charge < -0.3 is 10.4 Å². The lowest BCUT2D eigenvalue weighted by atomic mass is 9.97. The van der Waals surface area contributed by atoms with Gasteiger partial charge in [-0.3, -0.25) is 19.8 Å². The van der Waals surface area contributed by atoms with E-state index in [4.69, 9.17) is 24.4 Å². The number of allylic oxidation sites excluding steroid dienone is 2. The molecule has 2 aromatic rings. The van der Waals surface area contributed by atoms with Crippen molar-refractivity contribution in [2.75, 3.05) is 5.32 Å². The Hall–Kier alpha value is -2.78. The number of hydrogen-bond acceptors (Lipinski definition) is 5. The van der Waals surface area contributed by atoms with Crippen molar-refractivity contribution >= 4 is 41.5 Å². The van der Waals surface area contributed by atoms with Crippen molar-refractivity contribution < 1.29 is 5.11 Å². The van der Waals surface area contributed by atoms with Crippen LogP contribution in [0.2, 0.25) is 0 Å². The van der Waals surface area contributed by atoms with E-state index in [1.54, 1.807) is 0 Å². The highest BCUT2D eigenvalue weighted by Gasteiger charge is 2.12. The Morgan fingerprint density at radius 1 is 1.31 bits per heavy atom. The SMILES string of the molecule is O=c1[nH]c(=S)n(CCC2=CCCCC2)c(O)c1/C=N/NC(=S)Nc1ccccc1. The van der Waals surface area contributed by atoms with Crippen LogP contribution in [0.3, 0.4) is 0 Å². The van der Waals surface area contributed by atoms with Crippen LogP contribution in [0, 0.1) is 4.77 Å². The van der Waals surface area contributed by atoms with Crippen LogP contribution in [0.25, 0.3) is 0 Å². The fourth-order valence-corrected chi connectivity index (χ4v) is 3.56. The molecule has 4 N–H and O–H groups in total. The number of hydrazone groups is 1. The first-order chi connectivity index (χ1) is 14.0. The topological polar surface area (TPSA) is 94.4 Å². The van der Waals surface area contributed by atoms with Crippen molar-refractivity contribution in [3.8, 4) is 5.88 Å². The molecule has 0 fully saturated rings. The summed E-state index contributed by atoms with van der Waals surface area (Å²) in [5, 5.41) is 17.8. The molecule has 1 aromatic heterocycles. The number of aromatic amines is 1. The van der Waals surface area contributed by atoms with Gasteiger partial charge in [-0.15, -0.1) is 0 Å². The highest BCUT2D eigenvalue weighted by molar-refractivity contribution is 7.80. The molecule has 1 heterocycles. The van der Waals surface area contributed by atoms with E-state index in [-0.39, 0.29) is 21.3 Å². The minimum absolute atomic E-state index is 0.0197. The van der Waals surface area contributed by atoms with Gasteiger partial charge in [-0.2, -0.15) is 5.10 Å². The normalized spacial score (nSPS) is 13.9. The molecule has 1 aliphatic rings. The van der Waals surface area contributed by atoms with Gasteiger partial charge in [0.05, 0.1) is 6.21 Å². The molecule has 0 amide bonds. The lowest BCUT2D eigenvalue weighted by Gasteiger charge is -2.15. The molecule has 7 nitrogen and oxygen atoms in total. The predicted octanol–water partition coefficient (Wildman–Crippen LogP) is 3.82. The number of para-hydroxylation sites is 1. The summed E-state index contributed by atoms with van der Waals surface area (Å²) in [5.74, 6) is -0.206. The van der Waals surface area contributed by atoms with Crippen LogP contribution >= 0.6 is 24.4 Å². The molecule has 0 unspecified atom stereocenters. The Morgan fingerprint density at radius 3 is 2.83 bits per heavy atom. The lowest BCUT2D eigenvalue weighted by molar-refractivity contribution is 0.402. The van der Waals surface area contributed by atoms with E-state index in [0.717, 1.165) is 24.9 Å². The zero-order valence-corrected chi connectivity index (χ0v) is 17.5. The first-order valence-corrected chi connectivity index (χ1v) is 10.3. The van der Waals surface area contributed by atoms with E-state index in [1.165, 1.54) is 29.2 Å². The standard InChI is InChI=1S/C20H23N5O2S2/c26-17-16(13-21-24-19(28)22-15-9-5-2-6-10-15)18(27)25(20(29)23-17)12-11-14-7-3-1-4-8-14/h2,5-7,9-10,13,27H,1,3-4,8,11-12H2,(H2,22,24,28)(H,23,26,29)/b21-13+. The molecule has 3 rings (SSSR count). The molecule has 1 aliphatic carbocycles. The van der Waals surface area contributed by atoms with Crippen molar-refractivity contribution in [2.24, 2.45) is 5.10 Å². The number of rotatable bonds is 6. The Balaban J connectivity index is 1.69. The number of aromatic nitrogens is 2. The van der Waals surface area contributed by atoms with Gasteiger partial charge in [0.1, 0.15) is 5.56 Å². The van der Waals surface area contributed by atoms with Crippen LogP contribution in [0.15, 0.2) is 51.9 Å². The summed E-state index contributed by atoms with van der Waals surface area (Å²) in [6, 6.07) is 9.38. The summed E-state index contributed by atoms with van der Waals surface area (Å²) in [6.45, 7) is 0.496. The number of H-pyrrole nitrogens is 1. The zero-order chi connectivity index (χ0) is 20.6. The van der Waals surface area contributed by atoms with Crippen LogP contribution in [0.5, 0.6) is 5.88 Å². The van der Waals surface area contributed by atoms with Gasteiger partial charge in [0.15, 0.2) is 9.88 Å². The number of nitrogens with zero attached hydrogens (tertiary/aromatic N) is 2. The van der Waals surface area contributed by atoms with Gasteiger partial charge >= 0.3 is 0 Å². The van der Waals surface area contributed by atoms with E-state index in [9.17, 15) is 9.90 Å². The van der Waals surface area contributed by atoms with Crippen molar-refractivity contribution in [1.82, 2.24) is 15.0 Å². The molecule has 29 heavy (non-hydrogen) atoms. The molecule has 0 radical (unpaired) electrons. The second-order valence-electron chi connectivity index (χ2n) is 6.70. The molecular weight excluding hydrogens is 406 g/mol. The lowest BCUT2D eigenvalue weighted by Crippen LogP contribution is -2.25. The number of thiocarbonyl (C=S) groups is 1. The Kier molecular flexibility index (Phi) is 7.31. The molecule has 0 saturated heterocycles. The van der Waals surface area contributed by atoms with Crippen molar-refractivity contribution in [3.05, 3.63) is 62.7 Å². The molecule has 0 atom stereocenters. The summed E-state index contributed by atoms with van der Waals surface area (Å²) in [4.78, 5) is 14.8. The average molecular weight is 430 g/mol. The van der Waals surface area contributed by atoms with E-state index in [0.29, 0.717) is 6.54 Å². The molecule has 0 aliphatic heterocycles. The Bertz CT molecular complexity index is 1040. The minimum Gasteiger partial charge on any atom is -0.494 e. The second kappa shape index (κ2) is 10.1. The summed E-state index contributed by atoms with van der Waals surface area (Å²) in [5.41, 5.74) is 4.32. The zero-order valence-electron chi connectivity index (χ0n) is 15.9. The second-order valence-corrected chi connectivity index (χ2v) is 7.49. The highest BCUT2D eigenvalue weighted by Crippen LogP contribution is 2.22. The van der Waals surface area contributed by atoms with Crippen LogP contribution in [-0.4, -0.2) is 26.0 Å². The third-order valence-corrected chi connectivity index (χ3v) is 5.16. The fraction of sp³-hybridized carbons (Fsp3) is 0.300. The van der Waals surface area contributed by atoms with Gasteiger partial charge in [0, 0.05) is 12.2 Å². The largest absolute Gasteiger partial charge is 0.494 e. The maximum atomic E-state index is 12.2. The third-order valence-electron chi connectivity index (χ3n) is 4.64. The monoisotopic (exact) mass is 429 g/mol. The Morgan fingerprint density at radius 2 is 2.10 bits per heavy atom. The number of anilines is 1. The van der Waals surface area contributed by atoms with Crippen molar-refractivity contribution in [1.29, 1.82) is 0 Å². The fourth-order valence-electron chi connectivity index (χ4n) is 3.12. The average Bonchev–Trinajstić information content (AvgIpc) is 2.71. The first kappa shape index (κ1) is 20.9. The van der Waals surface area contributed by atoms with Crippen LogP contribution in [-0.2, 0) is 6.54 Å². The van der Waals surface area contributed by atoms with Crippen LogP contribution in [0.4, 0.5) is 5.69 Å². The number of benzene rings is 1. The molecule has 0 saturated carbocycles. The molecular formula is C20H23N5O2S2. The maximum absolute atomic E-state index is 12.2. The van der Waals surface area contributed by atoms with E-state index in [2.05, 4.69) is 26.9 Å². The van der Waals surface area contributed by atoms with Gasteiger partial charge in [-0.05, 0) is 68.7 Å². The molecule has 1 aromatic carbocycles. The van der Waals surface area contributed by atoms with E-state index >= 15 is 0 Å². The van der Waals surface area contributed by atoms with Gasteiger partial charge in [-0.25, -0.2) is 0 Å². The summed E-state index contributed by atoms with van der Waals surface area (Å²) in [6.07, 6.45) is 8.85. The van der Waals surface area contributed by atoms with Crippen LogP contribution < -0.4 is 16.3 Å². The number of nitrogens with one attached hydrogen (secondary N) is 3. The summed E-state index contributed by atoms with van der Waals surface area (Å²) >= 11 is 10.4. The van der Waals surface area contributed by atoms with Crippen molar-refractivity contribution in [2.45, 2.75) is 38.6 Å². The number of aromatic hydroxyl groups is 1. The third kappa shape index (κ3) is 5.85. The molecule has 0 bridgehead atoms. The van der Waals surface area contributed by atoms with Gasteiger partial charge in [0.2, 0.25) is 5.88 Å². The van der Waals surface area contributed by atoms with Gasteiger partial charge in [0.25, 0.3) is 5.56 Å². The summed E-state index contributed by atoms with van der Waals surface area (Å²) < 4.78 is 1.71. The number of hydrogen-bond donors (Lipinski definition) is 4. The van der Waals surface area contributed by atoms with E-state index in [1.807, 2.05) is 30.3 Å². The first-order valence-electron chi connectivity index (χ1n) is 9.43. The van der Waals surface area contributed by atoms with Crippen LogP contribution in [0.1, 0.15) is 37.7 Å². The molecule has 9 heteroatoms. The predicted molar refractivity (Wildman–Crippen MR) is 122 cm³/mol. The molecule has 0 spiro atoms. The maximum Gasteiger partial charge on any atom is 0.264 e. The van der Waals surface area contributed by atoms with E-state index < -0.39 is 5.56 Å². The summed E-state index contributed by atoms with van der Waals surface area (Å²) in [7, 11) is 0. The quantitative estimate of drug-likeness (QED) is 0.241. The minimum atomic E-state index is -0.506.